The zero-order chi connectivity index (χ0) is 13.5. The summed E-state index contributed by atoms with van der Waals surface area (Å²) in [6.45, 7) is 0. The van der Waals surface area contributed by atoms with Gasteiger partial charge in [0.2, 0.25) is 0 Å². The van der Waals surface area contributed by atoms with Crippen LogP contribution < -0.4 is 4.74 Å². The molecule has 1 fully saturated rings. The van der Waals surface area contributed by atoms with E-state index in [2.05, 4.69) is 10.1 Å². The van der Waals surface area contributed by atoms with Gasteiger partial charge in [-0.3, -0.25) is 0 Å². The molecular formula is C12H15N3O3S. The number of aromatic nitrogens is 3. The first-order chi connectivity index (χ1) is 9.07. The minimum Gasteiger partial charge on any atom is -0.497 e. The van der Waals surface area contributed by atoms with Gasteiger partial charge in [-0.15, -0.1) is 0 Å². The molecule has 0 aromatic carbocycles. The van der Waals surface area contributed by atoms with Crippen LogP contribution in [0.1, 0.15) is 24.6 Å². The molecule has 3 heterocycles. The molecule has 0 amide bonds. The monoisotopic (exact) mass is 281 g/mol. The van der Waals surface area contributed by atoms with E-state index in [1.165, 1.54) is 0 Å². The molecule has 1 aliphatic rings. The third-order valence-corrected chi connectivity index (χ3v) is 5.21. The number of pyridine rings is 1. The van der Waals surface area contributed by atoms with E-state index >= 15 is 0 Å². The van der Waals surface area contributed by atoms with Gasteiger partial charge in [0.25, 0.3) is 0 Å². The molecule has 102 valence electrons. The van der Waals surface area contributed by atoms with Gasteiger partial charge in [0.05, 0.1) is 18.6 Å². The normalized spacial score (nSPS) is 22.5. The van der Waals surface area contributed by atoms with Crippen LogP contribution in [0.5, 0.6) is 5.75 Å². The average Bonchev–Trinajstić information content (AvgIpc) is 2.80. The fourth-order valence-corrected chi connectivity index (χ4v) is 4.11. The molecule has 19 heavy (non-hydrogen) atoms. The average molecular weight is 281 g/mol. The van der Waals surface area contributed by atoms with Crippen molar-refractivity contribution in [2.24, 2.45) is 0 Å². The smallest absolute Gasteiger partial charge is 0.159 e. The lowest BCUT2D eigenvalue weighted by atomic mass is 10.1. The maximum atomic E-state index is 11.7. The first-order valence-electron chi connectivity index (χ1n) is 6.18. The molecule has 0 aliphatic carbocycles. The minimum atomic E-state index is -2.94. The molecular weight excluding hydrogens is 266 g/mol. The van der Waals surface area contributed by atoms with Gasteiger partial charge in [-0.1, -0.05) is 0 Å². The number of hydrogen-bond donors (Lipinski definition) is 0. The van der Waals surface area contributed by atoms with Crippen molar-refractivity contribution < 1.29 is 13.2 Å². The van der Waals surface area contributed by atoms with Crippen LogP contribution in [0.25, 0.3) is 5.65 Å². The summed E-state index contributed by atoms with van der Waals surface area (Å²) >= 11 is 0. The number of ether oxygens (including phenoxy) is 1. The topological polar surface area (TPSA) is 73.6 Å². The van der Waals surface area contributed by atoms with Crippen molar-refractivity contribution in [1.29, 1.82) is 0 Å². The van der Waals surface area contributed by atoms with Crippen LogP contribution >= 0.6 is 0 Å². The summed E-state index contributed by atoms with van der Waals surface area (Å²) in [7, 11) is -1.35. The van der Waals surface area contributed by atoms with Crippen molar-refractivity contribution in [3.05, 3.63) is 24.2 Å². The molecule has 1 aliphatic heterocycles. The highest BCUT2D eigenvalue weighted by atomic mass is 32.2. The lowest BCUT2D eigenvalue weighted by Gasteiger charge is -2.18. The summed E-state index contributed by atoms with van der Waals surface area (Å²) in [5.41, 5.74) is 0.678. The third kappa shape index (κ3) is 2.42. The highest BCUT2D eigenvalue weighted by Crippen LogP contribution is 2.26. The number of nitrogens with zero attached hydrogens (tertiary/aromatic N) is 3. The van der Waals surface area contributed by atoms with E-state index in [0.29, 0.717) is 23.6 Å². The fourth-order valence-electron chi connectivity index (χ4n) is 2.41. The summed E-state index contributed by atoms with van der Waals surface area (Å²) in [5, 5.41) is 4.36. The summed E-state index contributed by atoms with van der Waals surface area (Å²) < 4.78 is 30.1. The quantitative estimate of drug-likeness (QED) is 0.822. The molecule has 1 atom stereocenters. The second-order valence-corrected chi connectivity index (χ2v) is 7.02. The summed E-state index contributed by atoms with van der Waals surface area (Å²) in [4.78, 5) is 4.42. The van der Waals surface area contributed by atoms with Crippen LogP contribution in [0.2, 0.25) is 0 Å². The van der Waals surface area contributed by atoms with E-state index in [1.54, 1.807) is 30.0 Å². The van der Waals surface area contributed by atoms with E-state index in [1.807, 2.05) is 0 Å². The Bertz CT molecular complexity index is 708. The largest absolute Gasteiger partial charge is 0.497 e. The van der Waals surface area contributed by atoms with Gasteiger partial charge < -0.3 is 4.74 Å². The number of hydrogen-bond acceptors (Lipinski definition) is 5. The minimum absolute atomic E-state index is 0.0929. The maximum Gasteiger partial charge on any atom is 0.159 e. The Balaban J connectivity index is 1.97. The van der Waals surface area contributed by atoms with E-state index < -0.39 is 9.84 Å². The van der Waals surface area contributed by atoms with E-state index in [-0.39, 0.29) is 17.4 Å². The molecule has 0 spiro atoms. The first kappa shape index (κ1) is 12.4. The predicted molar refractivity (Wildman–Crippen MR) is 70.2 cm³/mol. The molecule has 0 radical (unpaired) electrons. The molecule has 3 rings (SSSR count). The van der Waals surface area contributed by atoms with E-state index in [4.69, 9.17) is 4.74 Å². The van der Waals surface area contributed by atoms with Gasteiger partial charge in [-0.2, -0.15) is 5.10 Å². The number of rotatable bonds is 2. The molecule has 0 N–H and O–H groups in total. The molecule has 6 nitrogen and oxygen atoms in total. The number of fused-ring (bicyclic) bond motifs is 1. The second kappa shape index (κ2) is 4.48. The van der Waals surface area contributed by atoms with Crippen LogP contribution in [-0.4, -0.2) is 41.6 Å². The van der Waals surface area contributed by atoms with Crippen LogP contribution in [0.3, 0.4) is 0 Å². The Kier molecular flexibility index (Phi) is 2.93. The molecule has 7 heteroatoms. The number of methoxy groups -OCH3 is 1. The lowest BCUT2D eigenvalue weighted by Crippen LogP contribution is -2.24. The van der Waals surface area contributed by atoms with Gasteiger partial charge in [0, 0.05) is 18.2 Å². The Morgan fingerprint density at radius 3 is 3.05 bits per heavy atom. The standard InChI is InChI=1S/C12H15N3O3S/c1-18-10-4-5-15-11(7-10)13-12(14-15)9-3-2-6-19(16,17)8-9/h4-5,7,9H,2-3,6,8H2,1H3. The van der Waals surface area contributed by atoms with Crippen molar-refractivity contribution >= 4 is 15.5 Å². The first-order valence-corrected chi connectivity index (χ1v) is 8.00. The van der Waals surface area contributed by atoms with Crippen LogP contribution in [0, 0.1) is 0 Å². The Morgan fingerprint density at radius 2 is 2.32 bits per heavy atom. The lowest BCUT2D eigenvalue weighted by molar-refractivity contribution is 0.414. The van der Waals surface area contributed by atoms with Gasteiger partial charge in [-0.25, -0.2) is 17.9 Å². The molecule has 1 unspecified atom stereocenters. The molecule has 2 aromatic heterocycles. The van der Waals surface area contributed by atoms with Crippen LogP contribution in [0.15, 0.2) is 18.3 Å². The van der Waals surface area contributed by atoms with E-state index in [9.17, 15) is 8.42 Å². The zero-order valence-electron chi connectivity index (χ0n) is 10.6. The Morgan fingerprint density at radius 1 is 1.47 bits per heavy atom. The SMILES string of the molecule is COc1ccn2nc(C3CCCS(=O)(=O)C3)nc2c1. The summed E-state index contributed by atoms with van der Waals surface area (Å²) in [6, 6.07) is 3.58. The van der Waals surface area contributed by atoms with Crippen molar-refractivity contribution in [3.63, 3.8) is 0 Å². The predicted octanol–water partition coefficient (Wildman–Crippen LogP) is 1.03. The Hall–Kier alpha value is -1.63. The summed E-state index contributed by atoms with van der Waals surface area (Å²) in [6.07, 6.45) is 3.28. The van der Waals surface area contributed by atoms with E-state index in [0.717, 1.165) is 6.42 Å². The fraction of sp³-hybridized carbons (Fsp3) is 0.500. The van der Waals surface area contributed by atoms with Crippen molar-refractivity contribution in [2.45, 2.75) is 18.8 Å². The molecule has 0 bridgehead atoms. The maximum absolute atomic E-state index is 11.7. The van der Waals surface area contributed by atoms with Gasteiger partial charge in [-0.05, 0) is 18.9 Å². The van der Waals surface area contributed by atoms with Crippen LogP contribution in [0.4, 0.5) is 0 Å². The molecule has 1 saturated heterocycles. The number of sulfone groups is 1. The summed E-state index contributed by atoms with van der Waals surface area (Å²) in [5.74, 6) is 1.66. The molecule has 0 saturated carbocycles. The highest BCUT2D eigenvalue weighted by molar-refractivity contribution is 7.91. The third-order valence-electron chi connectivity index (χ3n) is 3.39. The second-order valence-electron chi connectivity index (χ2n) is 4.79. The van der Waals surface area contributed by atoms with Gasteiger partial charge in [0.1, 0.15) is 5.75 Å². The molecule has 2 aromatic rings. The highest BCUT2D eigenvalue weighted by Gasteiger charge is 2.28. The van der Waals surface area contributed by atoms with Gasteiger partial charge >= 0.3 is 0 Å². The zero-order valence-corrected chi connectivity index (χ0v) is 11.4. The van der Waals surface area contributed by atoms with Crippen molar-refractivity contribution in [2.75, 3.05) is 18.6 Å². The van der Waals surface area contributed by atoms with Gasteiger partial charge in [0.15, 0.2) is 21.3 Å². The van der Waals surface area contributed by atoms with Crippen LogP contribution in [-0.2, 0) is 9.84 Å². The Labute approximate surface area is 111 Å². The van der Waals surface area contributed by atoms with Crippen molar-refractivity contribution in [3.8, 4) is 5.75 Å². The van der Waals surface area contributed by atoms with Crippen molar-refractivity contribution in [1.82, 2.24) is 14.6 Å².